The lowest BCUT2D eigenvalue weighted by Gasteiger charge is -2.23. The SMILES string of the molecule is CNC(c1ccc(OC)cc1)C(C)Sc1ccncc1. The van der Waals surface area contributed by atoms with E-state index in [0.717, 1.165) is 5.75 Å². The Morgan fingerprint density at radius 3 is 2.30 bits per heavy atom. The molecule has 0 aliphatic carbocycles. The summed E-state index contributed by atoms with van der Waals surface area (Å²) in [4.78, 5) is 5.29. The molecule has 2 unspecified atom stereocenters. The lowest BCUT2D eigenvalue weighted by atomic mass is 10.0. The molecule has 2 rings (SSSR count). The summed E-state index contributed by atoms with van der Waals surface area (Å²) in [5.41, 5.74) is 1.27. The van der Waals surface area contributed by atoms with Gasteiger partial charge in [-0.3, -0.25) is 4.98 Å². The van der Waals surface area contributed by atoms with Crippen LogP contribution in [-0.2, 0) is 0 Å². The Kier molecular flexibility index (Phi) is 5.44. The van der Waals surface area contributed by atoms with Gasteiger partial charge < -0.3 is 10.1 Å². The number of thioether (sulfide) groups is 1. The number of hydrogen-bond acceptors (Lipinski definition) is 4. The van der Waals surface area contributed by atoms with Crippen LogP contribution in [0.4, 0.5) is 0 Å². The van der Waals surface area contributed by atoms with E-state index in [0.29, 0.717) is 11.3 Å². The number of benzene rings is 1. The Bertz CT molecular complexity index is 516. The predicted octanol–water partition coefficient (Wildman–Crippen LogP) is 3.53. The van der Waals surface area contributed by atoms with Gasteiger partial charge in [0.05, 0.1) is 7.11 Å². The number of methoxy groups -OCH3 is 1. The fraction of sp³-hybridized carbons (Fsp3) is 0.312. The molecule has 0 aliphatic rings. The number of rotatable bonds is 6. The molecule has 0 saturated heterocycles. The standard InChI is InChI=1S/C16H20N2OS/c1-12(20-15-8-10-18-11-9-15)16(17-2)13-4-6-14(19-3)7-5-13/h4-12,16-17H,1-3H3. The minimum atomic E-state index is 0.291. The van der Waals surface area contributed by atoms with Gasteiger partial charge in [-0.15, -0.1) is 11.8 Å². The maximum Gasteiger partial charge on any atom is 0.118 e. The molecule has 0 spiro atoms. The van der Waals surface area contributed by atoms with Crippen LogP contribution in [0.3, 0.4) is 0 Å². The van der Waals surface area contributed by atoms with Crippen molar-refractivity contribution in [2.24, 2.45) is 0 Å². The zero-order valence-corrected chi connectivity index (χ0v) is 12.9. The molecule has 1 aromatic heterocycles. The van der Waals surface area contributed by atoms with E-state index in [2.05, 4.69) is 29.4 Å². The van der Waals surface area contributed by atoms with Gasteiger partial charge in [0.2, 0.25) is 0 Å². The Hall–Kier alpha value is -1.52. The van der Waals surface area contributed by atoms with Crippen LogP contribution < -0.4 is 10.1 Å². The first kappa shape index (κ1) is 14.9. The maximum atomic E-state index is 5.21. The Morgan fingerprint density at radius 1 is 1.10 bits per heavy atom. The third-order valence-corrected chi connectivity index (χ3v) is 4.42. The monoisotopic (exact) mass is 288 g/mol. The molecule has 1 N–H and O–H groups in total. The van der Waals surface area contributed by atoms with Gasteiger partial charge in [-0.1, -0.05) is 19.1 Å². The summed E-state index contributed by atoms with van der Waals surface area (Å²) in [6, 6.07) is 12.6. The van der Waals surface area contributed by atoms with Gasteiger partial charge in [0, 0.05) is 28.6 Å². The zero-order chi connectivity index (χ0) is 14.4. The third-order valence-electron chi connectivity index (χ3n) is 3.23. The number of ether oxygens (including phenoxy) is 1. The second kappa shape index (κ2) is 7.31. The van der Waals surface area contributed by atoms with E-state index in [1.54, 1.807) is 7.11 Å². The van der Waals surface area contributed by atoms with E-state index in [1.807, 2.05) is 55.5 Å². The van der Waals surface area contributed by atoms with Gasteiger partial charge in [-0.2, -0.15) is 0 Å². The molecule has 2 atom stereocenters. The van der Waals surface area contributed by atoms with E-state index in [9.17, 15) is 0 Å². The fourth-order valence-corrected chi connectivity index (χ4v) is 3.32. The third kappa shape index (κ3) is 3.74. The lowest BCUT2D eigenvalue weighted by Crippen LogP contribution is -2.25. The number of nitrogens with zero attached hydrogens (tertiary/aromatic N) is 1. The summed E-state index contributed by atoms with van der Waals surface area (Å²) in [7, 11) is 3.69. The summed E-state index contributed by atoms with van der Waals surface area (Å²) in [5.74, 6) is 0.887. The van der Waals surface area contributed by atoms with Crippen LogP contribution in [0.5, 0.6) is 5.75 Å². The summed E-state index contributed by atoms with van der Waals surface area (Å²) < 4.78 is 5.21. The van der Waals surface area contributed by atoms with Gasteiger partial charge in [0.15, 0.2) is 0 Å². The number of hydrogen-bond donors (Lipinski definition) is 1. The maximum absolute atomic E-state index is 5.21. The van der Waals surface area contributed by atoms with Crippen LogP contribution in [0.2, 0.25) is 0 Å². The first-order valence-corrected chi connectivity index (χ1v) is 7.50. The molecule has 20 heavy (non-hydrogen) atoms. The van der Waals surface area contributed by atoms with Crippen LogP contribution in [0, 0.1) is 0 Å². The number of pyridine rings is 1. The first-order chi connectivity index (χ1) is 9.74. The first-order valence-electron chi connectivity index (χ1n) is 6.62. The summed E-state index contributed by atoms with van der Waals surface area (Å²) in [5, 5.41) is 3.81. The summed E-state index contributed by atoms with van der Waals surface area (Å²) in [6.07, 6.45) is 3.66. The van der Waals surface area contributed by atoms with Crippen molar-refractivity contribution >= 4 is 11.8 Å². The van der Waals surface area contributed by atoms with Crippen LogP contribution >= 0.6 is 11.8 Å². The Labute approximate surface area is 124 Å². The zero-order valence-electron chi connectivity index (χ0n) is 12.0. The van der Waals surface area contributed by atoms with Crippen molar-refractivity contribution in [3.63, 3.8) is 0 Å². The van der Waals surface area contributed by atoms with Crippen molar-refractivity contribution in [3.8, 4) is 5.75 Å². The van der Waals surface area contributed by atoms with Gasteiger partial charge in [0.25, 0.3) is 0 Å². The summed E-state index contributed by atoms with van der Waals surface area (Å²) in [6.45, 7) is 2.23. The van der Waals surface area contributed by atoms with Crippen LogP contribution in [0.15, 0.2) is 53.7 Å². The molecule has 1 aromatic carbocycles. The molecule has 106 valence electrons. The van der Waals surface area contributed by atoms with Crippen molar-refractivity contribution in [1.29, 1.82) is 0 Å². The van der Waals surface area contributed by atoms with Gasteiger partial charge in [-0.05, 0) is 36.9 Å². The second-order valence-corrected chi connectivity index (χ2v) is 6.00. The van der Waals surface area contributed by atoms with Crippen molar-refractivity contribution in [3.05, 3.63) is 54.4 Å². The van der Waals surface area contributed by atoms with E-state index in [-0.39, 0.29) is 0 Å². The quantitative estimate of drug-likeness (QED) is 0.825. The average molecular weight is 288 g/mol. The van der Waals surface area contributed by atoms with Crippen molar-refractivity contribution in [2.75, 3.05) is 14.2 Å². The molecule has 0 aliphatic heterocycles. The van der Waals surface area contributed by atoms with Crippen LogP contribution in [0.25, 0.3) is 0 Å². The largest absolute Gasteiger partial charge is 0.497 e. The van der Waals surface area contributed by atoms with E-state index in [4.69, 9.17) is 4.74 Å². The van der Waals surface area contributed by atoms with Crippen molar-refractivity contribution in [2.45, 2.75) is 23.1 Å². The highest BCUT2D eigenvalue weighted by Crippen LogP contribution is 2.32. The van der Waals surface area contributed by atoms with Crippen LogP contribution in [0.1, 0.15) is 18.5 Å². The van der Waals surface area contributed by atoms with Gasteiger partial charge in [-0.25, -0.2) is 0 Å². The van der Waals surface area contributed by atoms with E-state index in [1.165, 1.54) is 10.5 Å². The minimum Gasteiger partial charge on any atom is -0.497 e. The highest BCUT2D eigenvalue weighted by molar-refractivity contribution is 8.00. The molecular formula is C16H20N2OS. The predicted molar refractivity (Wildman–Crippen MR) is 84.4 cm³/mol. The van der Waals surface area contributed by atoms with E-state index < -0.39 is 0 Å². The topological polar surface area (TPSA) is 34.1 Å². The minimum absolute atomic E-state index is 0.291. The van der Waals surface area contributed by atoms with Gasteiger partial charge in [0.1, 0.15) is 5.75 Å². The lowest BCUT2D eigenvalue weighted by molar-refractivity contribution is 0.414. The highest BCUT2D eigenvalue weighted by Gasteiger charge is 2.18. The molecule has 4 heteroatoms. The molecule has 3 nitrogen and oxygen atoms in total. The molecule has 0 amide bonds. The van der Waals surface area contributed by atoms with Crippen molar-refractivity contribution < 1.29 is 4.74 Å². The molecule has 2 aromatic rings. The number of aromatic nitrogens is 1. The van der Waals surface area contributed by atoms with Crippen LogP contribution in [-0.4, -0.2) is 24.4 Å². The fourth-order valence-electron chi connectivity index (χ4n) is 2.18. The molecule has 0 bridgehead atoms. The molecule has 0 saturated carbocycles. The molecule has 0 fully saturated rings. The normalized spacial score (nSPS) is 13.8. The Balaban J connectivity index is 2.10. The molecule has 1 heterocycles. The van der Waals surface area contributed by atoms with E-state index >= 15 is 0 Å². The highest BCUT2D eigenvalue weighted by atomic mass is 32.2. The smallest absolute Gasteiger partial charge is 0.118 e. The van der Waals surface area contributed by atoms with Gasteiger partial charge >= 0.3 is 0 Å². The number of nitrogens with one attached hydrogen (secondary N) is 1. The summed E-state index contributed by atoms with van der Waals surface area (Å²) >= 11 is 1.85. The second-order valence-electron chi connectivity index (χ2n) is 4.55. The Morgan fingerprint density at radius 2 is 1.75 bits per heavy atom. The molecular weight excluding hydrogens is 268 g/mol. The van der Waals surface area contributed by atoms with Crippen molar-refractivity contribution in [1.82, 2.24) is 10.3 Å². The average Bonchev–Trinajstić information content (AvgIpc) is 2.49. The molecule has 0 radical (unpaired) electrons.